The fraction of sp³-hybridized carbons (Fsp3) is 0.727. The summed E-state index contributed by atoms with van der Waals surface area (Å²) in [7, 11) is 0. The van der Waals surface area contributed by atoms with Gasteiger partial charge in [0.15, 0.2) is 5.13 Å². The van der Waals surface area contributed by atoms with E-state index in [4.69, 9.17) is 4.74 Å². The zero-order valence-corrected chi connectivity index (χ0v) is 10.9. The molecule has 1 aromatic heterocycles. The Kier molecular flexibility index (Phi) is 5.05. The van der Waals surface area contributed by atoms with E-state index in [2.05, 4.69) is 23.7 Å². The minimum atomic E-state index is 0.831. The number of ether oxygens (including phenoxy) is 1. The Morgan fingerprint density at radius 3 is 2.27 bits per heavy atom. The number of anilines is 1. The maximum atomic E-state index is 5.29. The van der Waals surface area contributed by atoms with Crippen LogP contribution in [0.2, 0.25) is 0 Å². The third-order valence-corrected chi connectivity index (χ3v) is 3.43. The second kappa shape index (κ2) is 6.08. The normalized spacial score (nSPS) is 15.9. The van der Waals surface area contributed by atoms with Crippen molar-refractivity contribution in [2.45, 2.75) is 27.7 Å². The number of thiazole rings is 1. The molecule has 2 heterocycles. The second-order valence-corrected chi connectivity index (χ2v) is 4.42. The maximum absolute atomic E-state index is 5.29. The van der Waals surface area contributed by atoms with Gasteiger partial charge in [-0.15, -0.1) is 11.3 Å². The van der Waals surface area contributed by atoms with Crippen LogP contribution in [0.25, 0.3) is 0 Å². The molecule has 1 saturated heterocycles. The summed E-state index contributed by atoms with van der Waals surface area (Å²) >= 11 is 1.78. The summed E-state index contributed by atoms with van der Waals surface area (Å²) < 4.78 is 5.29. The highest BCUT2D eigenvalue weighted by Crippen LogP contribution is 2.25. The summed E-state index contributed by atoms with van der Waals surface area (Å²) in [6, 6.07) is 0. The van der Waals surface area contributed by atoms with Gasteiger partial charge >= 0.3 is 0 Å². The Hall–Kier alpha value is -0.610. The molecule has 3 nitrogen and oxygen atoms in total. The van der Waals surface area contributed by atoms with Gasteiger partial charge in [-0.25, -0.2) is 4.98 Å². The van der Waals surface area contributed by atoms with Crippen molar-refractivity contribution in [1.82, 2.24) is 4.98 Å². The Labute approximate surface area is 96.1 Å². The van der Waals surface area contributed by atoms with Gasteiger partial charge in [0.1, 0.15) is 0 Å². The molecule has 0 aliphatic carbocycles. The fourth-order valence-corrected chi connectivity index (χ4v) is 2.31. The topological polar surface area (TPSA) is 25.4 Å². The first kappa shape index (κ1) is 12.5. The quantitative estimate of drug-likeness (QED) is 0.739. The first-order chi connectivity index (χ1) is 7.27. The molecule has 1 aliphatic rings. The molecular weight excluding hydrogens is 208 g/mol. The fourth-order valence-electron chi connectivity index (χ4n) is 1.35. The predicted molar refractivity (Wildman–Crippen MR) is 66.0 cm³/mol. The largest absolute Gasteiger partial charge is 0.378 e. The van der Waals surface area contributed by atoms with E-state index in [1.165, 1.54) is 4.88 Å². The zero-order valence-electron chi connectivity index (χ0n) is 10.0. The van der Waals surface area contributed by atoms with E-state index in [-0.39, 0.29) is 0 Å². The van der Waals surface area contributed by atoms with Crippen molar-refractivity contribution < 1.29 is 4.74 Å². The van der Waals surface area contributed by atoms with Gasteiger partial charge in [0.05, 0.1) is 18.9 Å². The lowest BCUT2D eigenvalue weighted by Gasteiger charge is -2.25. The molecule has 0 bridgehead atoms. The lowest BCUT2D eigenvalue weighted by atomic mass is 10.4. The summed E-state index contributed by atoms with van der Waals surface area (Å²) in [6.07, 6.45) is 0. The summed E-state index contributed by atoms with van der Waals surface area (Å²) in [4.78, 5) is 8.14. The minimum Gasteiger partial charge on any atom is -0.378 e. The first-order valence-corrected chi connectivity index (χ1v) is 6.36. The van der Waals surface area contributed by atoms with E-state index in [1.54, 1.807) is 11.3 Å². The van der Waals surface area contributed by atoms with E-state index in [0.29, 0.717) is 0 Å². The minimum absolute atomic E-state index is 0.831. The van der Waals surface area contributed by atoms with Crippen molar-refractivity contribution in [3.8, 4) is 0 Å². The molecule has 15 heavy (non-hydrogen) atoms. The average Bonchev–Trinajstić information content (AvgIpc) is 2.63. The van der Waals surface area contributed by atoms with Gasteiger partial charge in [-0.2, -0.15) is 0 Å². The van der Waals surface area contributed by atoms with E-state index in [0.717, 1.165) is 37.1 Å². The summed E-state index contributed by atoms with van der Waals surface area (Å²) in [5, 5.41) is 1.15. The molecule has 0 unspecified atom stereocenters. The van der Waals surface area contributed by atoms with Crippen molar-refractivity contribution >= 4 is 16.5 Å². The molecule has 1 aromatic rings. The average molecular weight is 228 g/mol. The van der Waals surface area contributed by atoms with E-state index in [1.807, 2.05) is 13.8 Å². The molecule has 1 aliphatic heterocycles. The van der Waals surface area contributed by atoms with Crippen molar-refractivity contribution in [3.05, 3.63) is 10.6 Å². The Balaban J connectivity index is 0.000000531. The molecule has 1 fully saturated rings. The number of nitrogens with zero attached hydrogens (tertiary/aromatic N) is 2. The van der Waals surface area contributed by atoms with Gasteiger partial charge in [0.25, 0.3) is 0 Å². The molecule has 0 aromatic carbocycles. The van der Waals surface area contributed by atoms with Crippen LogP contribution in [-0.2, 0) is 4.74 Å². The SMILES string of the molecule is CC.Cc1nc(N2CCOCC2)sc1C. The third kappa shape index (κ3) is 3.18. The van der Waals surface area contributed by atoms with Crippen molar-refractivity contribution in [1.29, 1.82) is 0 Å². The zero-order chi connectivity index (χ0) is 11.3. The summed E-state index contributed by atoms with van der Waals surface area (Å²) in [6.45, 7) is 11.8. The van der Waals surface area contributed by atoms with Crippen LogP contribution < -0.4 is 4.90 Å². The molecule has 0 amide bonds. The molecule has 4 heteroatoms. The van der Waals surface area contributed by atoms with Gasteiger partial charge in [0, 0.05) is 18.0 Å². The van der Waals surface area contributed by atoms with E-state index >= 15 is 0 Å². The lowest BCUT2D eigenvalue weighted by Crippen LogP contribution is -2.36. The van der Waals surface area contributed by atoms with Crippen LogP contribution in [0.5, 0.6) is 0 Å². The Bertz CT molecular complexity index is 273. The van der Waals surface area contributed by atoms with Gasteiger partial charge in [-0.05, 0) is 13.8 Å². The van der Waals surface area contributed by atoms with Crippen LogP contribution in [0.15, 0.2) is 0 Å². The van der Waals surface area contributed by atoms with Crippen LogP contribution in [0.1, 0.15) is 24.4 Å². The highest BCUT2D eigenvalue weighted by Gasteiger charge is 2.14. The van der Waals surface area contributed by atoms with E-state index < -0.39 is 0 Å². The number of aryl methyl sites for hydroxylation is 2. The molecule has 86 valence electrons. The molecular formula is C11H20N2OS. The predicted octanol–water partition coefficient (Wildman–Crippen LogP) is 2.62. The molecule has 2 rings (SSSR count). The Morgan fingerprint density at radius 2 is 1.80 bits per heavy atom. The van der Waals surface area contributed by atoms with Crippen LogP contribution in [0.3, 0.4) is 0 Å². The van der Waals surface area contributed by atoms with Crippen molar-refractivity contribution in [2.75, 3.05) is 31.2 Å². The van der Waals surface area contributed by atoms with Crippen LogP contribution in [0.4, 0.5) is 5.13 Å². The smallest absolute Gasteiger partial charge is 0.185 e. The maximum Gasteiger partial charge on any atom is 0.185 e. The number of morpholine rings is 1. The summed E-state index contributed by atoms with van der Waals surface area (Å²) in [5.41, 5.74) is 1.16. The third-order valence-electron chi connectivity index (χ3n) is 2.30. The van der Waals surface area contributed by atoms with Crippen molar-refractivity contribution in [3.63, 3.8) is 0 Å². The van der Waals surface area contributed by atoms with Gasteiger partial charge in [0.2, 0.25) is 0 Å². The van der Waals surface area contributed by atoms with Crippen LogP contribution in [0, 0.1) is 13.8 Å². The number of aromatic nitrogens is 1. The van der Waals surface area contributed by atoms with Gasteiger partial charge in [-0.1, -0.05) is 13.8 Å². The van der Waals surface area contributed by atoms with Crippen LogP contribution >= 0.6 is 11.3 Å². The second-order valence-electron chi connectivity index (χ2n) is 3.24. The Morgan fingerprint density at radius 1 is 1.20 bits per heavy atom. The summed E-state index contributed by atoms with van der Waals surface area (Å²) in [5.74, 6) is 0. The molecule has 0 radical (unpaired) electrons. The highest BCUT2D eigenvalue weighted by molar-refractivity contribution is 7.15. The molecule has 0 spiro atoms. The number of hydrogen-bond acceptors (Lipinski definition) is 4. The number of rotatable bonds is 1. The standard InChI is InChI=1S/C9H14N2OS.C2H6/c1-7-8(2)13-9(10-7)11-3-5-12-6-4-11;1-2/h3-6H2,1-2H3;1-2H3. The van der Waals surface area contributed by atoms with Crippen LogP contribution in [-0.4, -0.2) is 31.3 Å². The monoisotopic (exact) mass is 228 g/mol. The highest BCUT2D eigenvalue weighted by atomic mass is 32.1. The molecule has 0 atom stereocenters. The van der Waals surface area contributed by atoms with Crippen molar-refractivity contribution in [2.24, 2.45) is 0 Å². The molecule has 0 N–H and O–H groups in total. The number of hydrogen-bond donors (Lipinski definition) is 0. The van der Waals surface area contributed by atoms with E-state index in [9.17, 15) is 0 Å². The molecule has 0 saturated carbocycles. The first-order valence-electron chi connectivity index (χ1n) is 5.54. The lowest BCUT2D eigenvalue weighted by molar-refractivity contribution is 0.122. The van der Waals surface area contributed by atoms with Gasteiger partial charge < -0.3 is 9.64 Å². The van der Waals surface area contributed by atoms with Gasteiger partial charge in [-0.3, -0.25) is 0 Å².